The van der Waals surface area contributed by atoms with Crippen LogP contribution < -0.4 is 10.4 Å². The van der Waals surface area contributed by atoms with Gasteiger partial charge in [-0.1, -0.05) is 103 Å². The molecule has 0 fully saturated rings. The molecule has 1 aliphatic carbocycles. The highest BCUT2D eigenvalue weighted by Crippen LogP contribution is 2.32. The third-order valence-corrected chi connectivity index (χ3v) is 9.47. The first kappa shape index (κ1) is 21.1. The van der Waals surface area contributed by atoms with Crippen molar-refractivity contribution >= 4 is 24.5 Å². The van der Waals surface area contributed by atoms with E-state index in [2.05, 4.69) is 124 Å². The summed E-state index contributed by atoms with van der Waals surface area (Å²) in [7, 11) is -2.52. The molecule has 31 heavy (non-hydrogen) atoms. The molecule has 3 aromatic carbocycles. The van der Waals surface area contributed by atoms with E-state index in [1.807, 2.05) is 0 Å². The van der Waals surface area contributed by atoms with Crippen molar-refractivity contribution in [2.45, 2.75) is 33.7 Å². The first-order valence-corrected chi connectivity index (χ1v) is 13.4. The van der Waals surface area contributed by atoms with E-state index in [4.69, 9.17) is 4.43 Å². The van der Waals surface area contributed by atoms with Crippen molar-refractivity contribution in [1.29, 1.82) is 0 Å². The minimum atomic E-state index is -2.52. The smallest absolute Gasteiger partial charge is 0.311 e. The topological polar surface area (TPSA) is 9.23 Å². The summed E-state index contributed by atoms with van der Waals surface area (Å²) < 4.78 is 7.25. The molecule has 0 amide bonds. The average Bonchev–Trinajstić information content (AvgIpc) is 2.79. The van der Waals surface area contributed by atoms with E-state index in [1.54, 1.807) is 0 Å². The van der Waals surface area contributed by atoms with Gasteiger partial charge >= 0.3 is 8.32 Å². The Bertz CT molecular complexity index is 1080. The van der Waals surface area contributed by atoms with Crippen LogP contribution in [0.1, 0.15) is 28.7 Å². The van der Waals surface area contributed by atoms with Crippen LogP contribution in [0, 0.1) is 20.8 Å². The Morgan fingerprint density at radius 1 is 0.742 bits per heavy atom. The van der Waals surface area contributed by atoms with E-state index in [-0.39, 0.29) is 0 Å². The van der Waals surface area contributed by atoms with E-state index >= 15 is 0 Å². The molecule has 0 bridgehead atoms. The summed E-state index contributed by atoms with van der Waals surface area (Å²) >= 11 is 0. The SMILES string of the molecule is Cc1cc(C)c(C(O[Si](C)(c2ccccc2)c2ccccc2)=C2C=CCC=C2)c(C)c1. The second-order valence-corrected chi connectivity index (χ2v) is 11.9. The molecular weight excluding hydrogens is 392 g/mol. The van der Waals surface area contributed by atoms with Crippen molar-refractivity contribution in [2.75, 3.05) is 0 Å². The number of hydrogen-bond acceptors (Lipinski definition) is 1. The highest BCUT2D eigenvalue weighted by molar-refractivity contribution is 6.97. The zero-order chi connectivity index (χ0) is 21.8. The molecule has 0 saturated carbocycles. The maximum atomic E-state index is 7.25. The van der Waals surface area contributed by atoms with Gasteiger partial charge in [-0.2, -0.15) is 0 Å². The normalized spacial score (nSPS) is 13.4. The van der Waals surface area contributed by atoms with Crippen LogP contribution in [0.5, 0.6) is 0 Å². The zero-order valence-electron chi connectivity index (χ0n) is 18.9. The Morgan fingerprint density at radius 3 is 1.71 bits per heavy atom. The average molecular weight is 423 g/mol. The molecule has 156 valence electrons. The molecule has 0 spiro atoms. The largest absolute Gasteiger partial charge is 0.534 e. The lowest BCUT2D eigenvalue weighted by Gasteiger charge is -2.33. The number of aryl methyl sites for hydroxylation is 3. The van der Waals surface area contributed by atoms with Crippen LogP contribution in [0.2, 0.25) is 6.55 Å². The van der Waals surface area contributed by atoms with E-state index in [9.17, 15) is 0 Å². The van der Waals surface area contributed by atoms with Gasteiger partial charge in [-0.15, -0.1) is 0 Å². The van der Waals surface area contributed by atoms with Gasteiger partial charge in [0.15, 0.2) is 0 Å². The van der Waals surface area contributed by atoms with Gasteiger partial charge in [-0.3, -0.25) is 0 Å². The molecule has 0 radical (unpaired) electrons. The maximum absolute atomic E-state index is 7.25. The Balaban J connectivity index is 1.95. The maximum Gasteiger partial charge on any atom is 0.311 e. The predicted octanol–water partition coefficient (Wildman–Crippen LogP) is 6.25. The third kappa shape index (κ3) is 4.35. The van der Waals surface area contributed by atoms with Gasteiger partial charge in [-0.25, -0.2) is 0 Å². The number of rotatable bonds is 5. The quantitative estimate of drug-likeness (QED) is 0.349. The summed E-state index contributed by atoms with van der Waals surface area (Å²) in [6.07, 6.45) is 9.80. The summed E-state index contributed by atoms with van der Waals surface area (Å²) in [6.45, 7) is 8.86. The van der Waals surface area contributed by atoms with E-state index in [0.29, 0.717) is 0 Å². The highest BCUT2D eigenvalue weighted by atomic mass is 28.4. The standard InChI is InChI=1S/C29H30OSi/c1-22-20-23(2)28(24(3)21-22)29(25-14-8-5-9-15-25)30-31(4,26-16-10-6-11-17-26)27-18-12-7-13-19-27/h6-21H,5H2,1-4H3. The Morgan fingerprint density at radius 2 is 1.23 bits per heavy atom. The number of allylic oxidation sites excluding steroid dienone is 5. The molecule has 1 aliphatic rings. The van der Waals surface area contributed by atoms with Crippen LogP contribution in [0.3, 0.4) is 0 Å². The van der Waals surface area contributed by atoms with Crippen molar-refractivity contribution in [3.63, 3.8) is 0 Å². The van der Waals surface area contributed by atoms with Gasteiger partial charge in [0.1, 0.15) is 5.76 Å². The molecule has 0 saturated heterocycles. The van der Waals surface area contributed by atoms with Gasteiger partial charge < -0.3 is 4.43 Å². The van der Waals surface area contributed by atoms with Crippen molar-refractivity contribution < 1.29 is 4.43 Å². The van der Waals surface area contributed by atoms with Crippen molar-refractivity contribution in [1.82, 2.24) is 0 Å². The number of hydrogen-bond donors (Lipinski definition) is 0. The molecule has 1 nitrogen and oxygen atoms in total. The molecule has 0 aromatic heterocycles. The van der Waals surface area contributed by atoms with Gasteiger partial charge in [0.2, 0.25) is 0 Å². The minimum Gasteiger partial charge on any atom is -0.534 e. The monoisotopic (exact) mass is 422 g/mol. The minimum absolute atomic E-state index is 0.967. The van der Waals surface area contributed by atoms with Crippen LogP contribution in [0.15, 0.2) is 103 Å². The fourth-order valence-corrected chi connectivity index (χ4v) is 7.32. The summed E-state index contributed by atoms with van der Waals surface area (Å²) in [5.41, 5.74) is 6.15. The van der Waals surface area contributed by atoms with Crippen LogP contribution in [0.4, 0.5) is 0 Å². The molecule has 4 rings (SSSR count). The second kappa shape index (κ2) is 8.95. The first-order chi connectivity index (χ1) is 15.0. The predicted molar refractivity (Wildman–Crippen MR) is 135 cm³/mol. The van der Waals surface area contributed by atoms with Gasteiger partial charge in [0.05, 0.1) is 0 Å². The Kier molecular flexibility index (Phi) is 6.10. The van der Waals surface area contributed by atoms with Crippen molar-refractivity contribution in [3.8, 4) is 0 Å². The zero-order valence-corrected chi connectivity index (χ0v) is 19.9. The summed E-state index contributed by atoms with van der Waals surface area (Å²) in [4.78, 5) is 0. The third-order valence-electron chi connectivity index (χ3n) is 5.99. The van der Waals surface area contributed by atoms with Crippen LogP contribution in [0.25, 0.3) is 5.76 Å². The second-order valence-electron chi connectivity index (χ2n) is 8.47. The van der Waals surface area contributed by atoms with Gasteiger partial charge in [0.25, 0.3) is 0 Å². The number of benzene rings is 3. The van der Waals surface area contributed by atoms with E-state index in [0.717, 1.165) is 17.8 Å². The molecule has 0 atom stereocenters. The molecule has 0 unspecified atom stereocenters. The molecule has 3 aromatic rings. The fraction of sp³-hybridized carbons (Fsp3) is 0.172. The molecule has 2 heteroatoms. The molecule has 0 N–H and O–H groups in total. The van der Waals surface area contributed by atoms with Gasteiger partial charge in [0, 0.05) is 11.1 Å². The van der Waals surface area contributed by atoms with Crippen molar-refractivity contribution in [3.05, 3.63) is 125 Å². The molecule has 0 aliphatic heterocycles. The summed E-state index contributed by atoms with van der Waals surface area (Å²) in [5, 5.41) is 2.54. The van der Waals surface area contributed by atoms with Crippen LogP contribution >= 0.6 is 0 Å². The summed E-state index contributed by atoms with van der Waals surface area (Å²) in [5.74, 6) is 0.990. The summed E-state index contributed by atoms with van der Waals surface area (Å²) in [6, 6.07) is 26.0. The van der Waals surface area contributed by atoms with Crippen LogP contribution in [-0.2, 0) is 4.43 Å². The molecule has 0 heterocycles. The lowest BCUT2D eigenvalue weighted by molar-refractivity contribution is 0.523. The Labute approximate surface area is 187 Å². The van der Waals surface area contributed by atoms with E-state index in [1.165, 1.54) is 32.6 Å². The van der Waals surface area contributed by atoms with Crippen molar-refractivity contribution in [2.24, 2.45) is 0 Å². The highest BCUT2D eigenvalue weighted by Gasteiger charge is 2.37. The fourth-order valence-electron chi connectivity index (χ4n) is 4.47. The van der Waals surface area contributed by atoms with E-state index < -0.39 is 8.32 Å². The molecular formula is C29H30OSi. The lowest BCUT2D eigenvalue weighted by Crippen LogP contribution is -2.58. The Hall–Kier alpha value is -3.10. The first-order valence-electron chi connectivity index (χ1n) is 10.9. The van der Waals surface area contributed by atoms with Crippen LogP contribution in [-0.4, -0.2) is 8.32 Å². The van der Waals surface area contributed by atoms with Gasteiger partial charge in [-0.05, 0) is 55.2 Å². The lowest BCUT2D eigenvalue weighted by atomic mass is 9.95.